The molecular formula is C12H19F2N3. The Labute approximate surface area is 100.0 Å². The van der Waals surface area contributed by atoms with Gasteiger partial charge in [0.2, 0.25) is 5.92 Å². The van der Waals surface area contributed by atoms with Crippen molar-refractivity contribution in [2.45, 2.75) is 44.1 Å². The van der Waals surface area contributed by atoms with E-state index < -0.39 is 5.92 Å². The van der Waals surface area contributed by atoms with Gasteiger partial charge in [0, 0.05) is 32.1 Å². The minimum atomic E-state index is -2.49. The molecule has 2 N–H and O–H groups in total. The molecular weight excluding hydrogens is 224 g/mol. The van der Waals surface area contributed by atoms with Crippen molar-refractivity contribution in [1.29, 1.82) is 0 Å². The Balaban J connectivity index is 1.80. The molecule has 1 aromatic rings. The summed E-state index contributed by atoms with van der Waals surface area (Å²) in [5.74, 6) is -2.52. The lowest BCUT2D eigenvalue weighted by Gasteiger charge is -2.18. The van der Waals surface area contributed by atoms with Gasteiger partial charge in [-0.1, -0.05) is 0 Å². The van der Waals surface area contributed by atoms with Gasteiger partial charge in [0.25, 0.3) is 0 Å². The van der Waals surface area contributed by atoms with Crippen molar-refractivity contribution in [3.63, 3.8) is 0 Å². The number of hydrogen-bond donors (Lipinski definition) is 1. The zero-order valence-electron chi connectivity index (χ0n) is 10.1. The van der Waals surface area contributed by atoms with Crippen LogP contribution in [-0.2, 0) is 13.5 Å². The Bertz CT molecular complexity index is 376. The maximum absolute atomic E-state index is 13.1. The summed E-state index contributed by atoms with van der Waals surface area (Å²) < 4.78 is 27.8. The molecule has 1 aliphatic rings. The predicted octanol–water partition coefficient (Wildman–Crippen LogP) is 2.12. The van der Waals surface area contributed by atoms with Gasteiger partial charge < -0.3 is 5.73 Å². The molecule has 96 valence electrons. The lowest BCUT2D eigenvalue weighted by molar-refractivity contribution is 0.00382. The highest BCUT2D eigenvalue weighted by Gasteiger charge is 2.41. The molecule has 0 aromatic carbocycles. The zero-order chi connectivity index (χ0) is 12.5. The molecule has 5 heteroatoms. The average Bonchev–Trinajstić information content (AvgIpc) is 2.81. The van der Waals surface area contributed by atoms with Crippen LogP contribution in [0.4, 0.5) is 8.78 Å². The summed E-state index contributed by atoms with van der Waals surface area (Å²) in [6.45, 7) is 0. The highest BCUT2D eigenvalue weighted by molar-refractivity contribution is 5.04. The topological polar surface area (TPSA) is 43.8 Å². The number of nitrogens with zero attached hydrogens (tertiary/aromatic N) is 2. The molecule has 1 saturated carbocycles. The fourth-order valence-electron chi connectivity index (χ4n) is 2.52. The van der Waals surface area contributed by atoms with Crippen LogP contribution in [0.15, 0.2) is 12.4 Å². The number of aromatic nitrogens is 2. The summed E-state index contributed by atoms with van der Waals surface area (Å²) in [5, 5.41) is 4.07. The largest absolute Gasteiger partial charge is 0.327 e. The monoisotopic (exact) mass is 243 g/mol. The third-order valence-corrected chi connectivity index (χ3v) is 3.57. The summed E-state index contributed by atoms with van der Waals surface area (Å²) >= 11 is 0. The van der Waals surface area contributed by atoms with Gasteiger partial charge >= 0.3 is 0 Å². The van der Waals surface area contributed by atoms with E-state index in [-0.39, 0.29) is 24.8 Å². The number of rotatable bonds is 4. The molecule has 17 heavy (non-hydrogen) atoms. The fraction of sp³-hybridized carbons (Fsp3) is 0.750. The maximum Gasteiger partial charge on any atom is 0.248 e. The van der Waals surface area contributed by atoms with Gasteiger partial charge in [-0.25, -0.2) is 8.78 Å². The molecule has 1 heterocycles. The summed E-state index contributed by atoms with van der Waals surface area (Å²) in [6, 6.07) is -0.122. The molecule has 2 unspecified atom stereocenters. The van der Waals surface area contributed by atoms with E-state index in [0.29, 0.717) is 6.42 Å². The average molecular weight is 243 g/mol. The second-order valence-electron chi connectivity index (χ2n) is 5.08. The second kappa shape index (κ2) is 4.72. The molecule has 2 atom stereocenters. The molecule has 1 aromatic heterocycles. The molecule has 0 aliphatic heterocycles. The highest BCUT2D eigenvalue weighted by atomic mass is 19.3. The van der Waals surface area contributed by atoms with E-state index in [0.717, 1.165) is 18.4 Å². The van der Waals surface area contributed by atoms with Crippen molar-refractivity contribution in [1.82, 2.24) is 9.78 Å². The van der Waals surface area contributed by atoms with Crippen LogP contribution in [0.1, 0.15) is 31.2 Å². The number of halogens is 2. The Morgan fingerprint density at radius 1 is 1.65 bits per heavy atom. The van der Waals surface area contributed by atoms with Gasteiger partial charge in [0.05, 0.1) is 6.20 Å². The summed E-state index contributed by atoms with van der Waals surface area (Å²) in [4.78, 5) is 0. The number of aryl methyl sites for hydroxylation is 2. The molecule has 0 bridgehead atoms. The summed E-state index contributed by atoms with van der Waals surface area (Å²) in [5.41, 5.74) is 7.11. The van der Waals surface area contributed by atoms with Crippen LogP contribution < -0.4 is 5.73 Å². The first kappa shape index (κ1) is 12.5. The molecule has 0 saturated heterocycles. The van der Waals surface area contributed by atoms with Crippen molar-refractivity contribution in [2.24, 2.45) is 18.7 Å². The van der Waals surface area contributed by atoms with Gasteiger partial charge in [-0.15, -0.1) is 0 Å². The van der Waals surface area contributed by atoms with Gasteiger partial charge in [-0.3, -0.25) is 4.68 Å². The van der Waals surface area contributed by atoms with E-state index in [2.05, 4.69) is 5.10 Å². The van der Waals surface area contributed by atoms with Crippen LogP contribution in [0.2, 0.25) is 0 Å². The first-order valence-electron chi connectivity index (χ1n) is 6.07. The van der Waals surface area contributed by atoms with E-state index in [4.69, 9.17) is 5.73 Å². The predicted molar refractivity (Wildman–Crippen MR) is 61.8 cm³/mol. The minimum absolute atomic E-state index is 0.00173. The van der Waals surface area contributed by atoms with Gasteiger partial charge in [0.15, 0.2) is 0 Å². The first-order valence-corrected chi connectivity index (χ1v) is 6.07. The molecule has 2 rings (SSSR count). The Hall–Kier alpha value is -0.970. The van der Waals surface area contributed by atoms with Crippen LogP contribution in [0.5, 0.6) is 0 Å². The molecule has 1 aliphatic carbocycles. The highest BCUT2D eigenvalue weighted by Crippen LogP contribution is 2.40. The molecule has 0 radical (unpaired) electrons. The Morgan fingerprint density at radius 2 is 2.41 bits per heavy atom. The lowest BCUT2D eigenvalue weighted by Crippen LogP contribution is -2.30. The Morgan fingerprint density at radius 3 is 2.94 bits per heavy atom. The standard InChI is InChI=1S/C12H19F2N3/c1-17-8-9(7-16-17)2-3-11(15)10-4-5-12(13,14)6-10/h7-8,10-11H,2-6,15H2,1H3. The van der Waals surface area contributed by atoms with Gasteiger partial charge in [-0.05, 0) is 30.7 Å². The van der Waals surface area contributed by atoms with Crippen molar-refractivity contribution in [3.05, 3.63) is 18.0 Å². The SMILES string of the molecule is Cn1cc(CCC(N)C2CCC(F)(F)C2)cn1. The lowest BCUT2D eigenvalue weighted by atomic mass is 9.94. The van der Waals surface area contributed by atoms with Crippen LogP contribution in [0, 0.1) is 5.92 Å². The number of hydrogen-bond acceptors (Lipinski definition) is 2. The van der Waals surface area contributed by atoms with Crippen LogP contribution in [-0.4, -0.2) is 21.7 Å². The normalized spacial score (nSPS) is 25.1. The van der Waals surface area contributed by atoms with E-state index in [1.807, 2.05) is 13.2 Å². The smallest absolute Gasteiger partial charge is 0.248 e. The minimum Gasteiger partial charge on any atom is -0.327 e. The van der Waals surface area contributed by atoms with Crippen molar-refractivity contribution < 1.29 is 8.78 Å². The van der Waals surface area contributed by atoms with E-state index >= 15 is 0 Å². The summed E-state index contributed by atoms with van der Waals surface area (Å²) in [6.07, 6.45) is 5.83. The van der Waals surface area contributed by atoms with Crippen molar-refractivity contribution >= 4 is 0 Å². The molecule has 3 nitrogen and oxygen atoms in total. The third kappa shape index (κ3) is 3.25. The van der Waals surface area contributed by atoms with E-state index in [1.54, 1.807) is 10.9 Å². The molecule has 1 fully saturated rings. The van der Waals surface area contributed by atoms with Gasteiger partial charge in [0.1, 0.15) is 0 Å². The number of nitrogens with two attached hydrogens (primary N) is 1. The van der Waals surface area contributed by atoms with Crippen LogP contribution in [0.3, 0.4) is 0 Å². The number of alkyl halides is 2. The van der Waals surface area contributed by atoms with Crippen molar-refractivity contribution in [3.8, 4) is 0 Å². The Kier molecular flexibility index (Phi) is 3.47. The molecule has 0 spiro atoms. The third-order valence-electron chi connectivity index (χ3n) is 3.57. The molecule has 0 amide bonds. The van der Waals surface area contributed by atoms with Gasteiger partial charge in [-0.2, -0.15) is 5.10 Å². The van der Waals surface area contributed by atoms with E-state index in [1.165, 1.54) is 0 Å². The maximum atomic E-state index is 13.1. The summed E-state index contributed by atoms with van der Waals surface area (Å²) in [7, 11) is 1.86. The van der Waals surface area contributed by atoms with Crippen molar-refractivity contribution in [2.75, 3.05) is 0 Å². The van der Waals surface area contributed by atoms with E-state index in [9.17, 15) is 8.78 Å². The van der Waals surface area contributed by atoms with Crippen LogP contribution in [0.25, 0.3) is 0 Å². The first-order chi connectivity index (χ1) is 7.96. The second-order valence-corrected chi connectivity index (χ2v) is 5.08. The van der Waals surface area contributed by atoms with Crippen LogP contribution >= 0.6 is 0 Å². The zero-order valence-corrected chi connectivity index (χ0v) is 10.1. The quantitative estimate of drug-likeness (QED) is 0.880. The fourth-order valence-corrected chi connectivity index (χ4v) is 2.52.